The fourth-order valence-electron chi connectivity index (χ4n) is 11.2. The van der Waals surface area contributed by atoms with Crippen LogP contribution in [0.1, 0.15) is 0 Å². The first-order valence-corrected chi connectivity index (χ1v) is 26.8. The minimum absolute atomic E-state index is 1.08. The Hall–Kier alpha value is -9.06. The SMILES string of the molecule is c1ccc(-c2sc3c(cc(N(c4ccccc4)c4cccc5ccccc45)c4c5sc(-c6ccccc6)c(-c6ccccc6)c5cc(N(c5ccccc5)c5cccc6ccccc56)c34)c2-c2ccccc2)cc1. The molecule has 0 bridgehead atoms. The summed E-state index contributed by atoms with van der Waals surface area (Å²) in [6.45, 7) is 0. The monoisotopic (exact) mass is 978 g/mol. The fraction of sp³-hybridized carbons (Fsp3) is 0. The van der Waals surface area contributed by atoms with Crippen LogP contribution in [0.4, 0.5) is 34.1 Å². The molecule has 0 fully saturated rings. The predicted octanol–water partition coefficient (Wildman–Crippen LogP) is 21.2. The summed E-state index contributed by atoms with van der Waals surface area (Å²) in [5.41, 5.74) is 13.9. The summed E-state index contributed by atoms with van der Waals surface area (Å²) in [7, 11) is 0. The van der Waals surface area contributed by atoms with Crippen LogP contribution in [0.3, 0.4) is 0 Å². The lowest BCUT2D eigenvalue weighted by molar-refractivity contribution is 1.31. The quantitative estimate of drug-likeness (QED) is 0.135. The third kappa shape index (κ3) is 7.38. The summed E-state index contributed by atoms with van der Waals surface area (Å²) in [5, 5.41) is 9.56. The number of para-hydroxylation sites is 2. The number of nitrogens with zero attached hydrogens (tertiary/aromatic N) is 2. The zero-order valence-corrected chi connectivity index (χ0v) is 41.9. The number of anilines is 6. The zero-order chi connectivity index (χ0) is 49.0. The van der Waals surface area contributed by atoms with Crippen molar-refractivity contribution in [2.75, 3.05) is 9.80 Å². The first-order valence-electron chi connectivity index (χ1n) is 25.2. The predicted molar refractivity (Wildman–Crippen MR) is 321 cm³/mol. The van der Waals surface area contributed by atoms with Gasteiger partial charge in [0.05, 0.1) is 22.7 Å². The van der Waals surface area contributed by atoms with Crippen LogP contribution in [0.5, 0.6) is 0 Å². The topological polar surface area (TPSA) is 6.48 Å². The Morgan fingerprint density at radius 2 is 0.554 bits per heavy atom. The lowest BCUT2D eigenvalue weighted by atomic mass is 9.92. The van der Waals surface area contributed by atoms with E-state index in [0.717, 1.165) is 34.1 Å². The number of hydrogen-bond acceptors (Lipinski definition) is 4. The number of hydrogen-bond donors (Lipinski definition) is 0. The van der Waals surface area contributed by atoms with Gasteiger partial charge in [0.15, 0.2) is 0 Å². The van der Waals surface area contributed by atoms with Gasteiger partial charge in [-0.2, -0.15) is 0 Å². The maximum atomic E-state index is 2.55. The Labute approximate surface area is 438 Å². The molecule has 12 aromatic carbocycles. The largest absolute Gasteiger partial charge is 0.309 e. The van der Waals surface area contributed by atoms with Gasteiger partial charge in [-0.25, -0.2) is 0 Å². The van der Waals surface area contributed by atoms with Crippen molar-refractivity contribution in [2.24, 2.45) is 0 Å². The molecule has 0 spiro atoms. The normalized spacial score (nSPS) is 11.5. The fourth-order valence-corrected chi connectivity index (χ4v) is 13.9. The van der Waals surface area contributed by atoms with Crippen molar-refractivity contribution in [3.8, 4) is 43.1 Å². The minimum Gasteiger partial charge on any atom is -0.309 e. The Balaban J connectivity index is 1.27. The van der Waals surface area contributed by atoms with Crippen LogP contribution in [0.25, 0.3) is 95.6 Å². The van der Waals surface area contributed by atoms with Gasteiger partial charge in [-0.3, -0.25) is 0 Å². The Bertz CT molecular complexity index is 4050. The zero-order valence-electron chi connectivity index (χ0n) is 40.3. The first-order chi connectivity index (χ1) is 36.8. The Morgan fingerprint density at radius 1 is 0.243 bits per heavy atom. The van der Waals surface area contributed by atoms with E-state index in [-0.39, 0.29) is 0 Å². The molecular formula is C70H46N2S2. The van der Waals surface area contributed by atoms with Crippen LogP contribution in [-0.2, 0) is 0 Å². The highest BCUT2D eigenvalue weighted by molar-refractivity contribution is 7.25. The second kappa shape index (κ2) is 18.5. The van der Waals surface area contributed by atoms with E-state index < -0.39 is 0 Å². The highest BCUT2D eigenvalue weighted by atomic mass is 32.1. The number of rotatable bonds is 10. The van der Waals surface area contributed by atoms with Gasteiger partial charge in [-0.15, -0.1) is 22.7 Å². The van der Waals surface area contributed by atoms with Crippen molar-refractivity contribution in [3.63, 3.8) is 0 Å². The molecule has 14 aromatic rings. The molecule has 0 saturated heterocycles. The van der Waals surface area contributed by atoms with Gasteiger partial charge in [0, 0.05) is 74.0 Å². The van der Waals surface area contributed by atoms with E-state index >= 15 is 0 Å². The van der Waals surface area contributed by atoms with Crippen LogP contribution < -0.4 is 9.80 Å². The number of thiophene rings is 2. The highest BCUT2D eigenvalue weighted by Gasteiger charge is 2.31. The number of benzene rings is 12. The minimum atomic E-state index is 1.08. The lowest BCUT2D eigenvalue weighted by Gasteiger charge is -2.31. The molecule has 0 radical (unpaired) electrons. The van der Waals surface area contributed by atoms with Gasteiger partial charge >= 0.3 is 0 Å². The molecule has 0 aliphatic carbocycles. The van der Waals surface area contributed by atoms with Gasteiger partial charge in [-0.1, -0.05) is 231 Å². The second-order valence-corrected chi connectivity index (χ2v) is 20.8. The van der Waals surface area contributed by atoms with E-state index in [1.165, 1.54) is 95.6 Å². The molecule has 4 heteroatoms. The summed E-state index contributed by atoms with van der Waals surface area (Å²) in [4.78, 5) is 7.59. The van der Waals surface area contributed by atoms with Gasteiger partial charge < -0.3 is 9.80 Å². The molecule has 348 valence electrons. The maximum Gasteiger partial charge on any atom is 0.0562 e. The van der Waals surface area contributed by atoms with Crippen molar-refractivity contribution >= 4 is 109 Å². The van der Waals surface area contributed by atoms with Crippen molar-refractivity contribution in [1.29, 1.82) is 0 Å². The van der Waals surface area contributed by atoms with E-state index in [1.807, 2.05) is 22.7 Å². The van der Waals surface area contributed by atoms with Gasteiger partial charge in [0.25, 0.3) is 0 Å². The molecule has 0 N–H and O–H groups in total. The summed E-state index contributed by atoms with van der Waals surface area (Å²) in [5.74, 6) is 0. The van der Waals surface area contributed by atoms with Crippen LogP contribution in [0, 0.1) is 0 Å². The van der Waals surface area contributed by atoms with Crippen molar-refractivity contribution < 1.29 is 0 Å². The van der Waals surface area contributed by atoms with Gasteiger partial charge in [-0.05, 0) is 81.6 Å². The molecule has 2 heterocycles. The van der Waals surface area contributed by atoms with E-state index in [2.05, 4.69) is 289 Å². The molecule has 14 rings (SSSR count). The van der Waals surface area contributed by atoms with Crippen molar-refractivity contribution in [2.45, 2.75) is 0 Å². The molecule has 0 saturated carbocycles. The summed E-state index contributed by atoms with van der Waals surface area (Å²) in [6.07, 6.45) is 0. The molecule has 0 unspecified atom stereocenters. The van der Waals surface area contributed by atoms with Crippen LogP contribution >= 0.6 is 22.7 Å². The second-order valence-electron chi connectivity index (χ2n) is 18.7. The van der Waals surface area contributed by atoms with E-state index in [9.17, 15) is 0 Å². The summed E-state index contributed by atoms with van der Waals surface area (Å²) < 4.78 is 2.47. The van der Waals surface area contributed by atoms with Gasteiger partial charge in [0.1, 0.15) is 0 Å². The Kier molecular flexibility index (Phi) is 10.9. The Morgan fingerprint density at radius 3 is 0.932 bits per heavy atom. The first kappa shape index (κ1) is 43.7. The molecule has 74 heavy (non-hydrogen) atoms. The van der Waals surface area contributed by atoms with Crippen LogP contribution in [0.15, 0.2) is 279 Å². The average Bonchev–Trinajstić information content (AvgIpc) is 4.07. The summed E-state index contributed by atoms with van der Waals surface area (Å²) >= 11 is 3.83. The number of fused-ring (bicyclic) bond motifs is 7. The van der Waals surface area contributed by atoms with Gasteiger partial charge in [0.2, 0.25) is 0 Å². The van der Waals surface area contributed by atoms with Crippen molar-refractivity contribution in [1.82, 2.24) is 0 Å². The smallest absolute Gasteiger partial charge is 0.0562 e. The standard InChI is InChI=1S/C70H46N2S2/c1-7-27-49(28-8-1)63-57-45-61(71(53-37-15-5-16-38-53)59-43-23-35-47-25-19-21-41-55(47)59)66-65(69(57)73-67(63)51-31-11-3-12-32-51)62(72(54-39-17-6-18-40-54)60-44-24-36-48-26-20-22-42-56(48)60)46-58-64(50-29-9-2-10-30-50)68(74-70(58)66)52-33-13-4-14-34-52/h1-46H. The molecular weight excluding hydrogens is 933 g/mol. The molecule has 0 amide bonds. The highest BCUT2D eigenvalue weighted by Crippen LogP contribution is 2.59. The average molecular weight is 979 g/mol. The molecule has 0 aliphatic rings. The summed E-state index contributed by atoms with van der Waals surface area (Å²) in [6, 6.07) is 102. The molecule has 0 atom stereocenters. The van der Waals surface area contributed by atoms with Crippen LogP contribution in [-0.4, -0.2) is 0 Å². The van der Waals surface area contributed by atoms with Crippen molar-refractivity contribution in [3.05, 3.63) is 279 Å². The third-order valence-corrected chi connectivity index (χ3v) is 16.9. The molecule has 0 aliphatic heterocycles. The molecule has 2 nitrogen and oxygen atoms in total. The maximum absolute atomic E-state index is 2.55. The molecule has 2 aromatic heterocycles. The van der Waals surface area contributed by atoms with Crippen LogP contribution in [0.2, 0.25) is 0 Å². The van der Waals surface area contributed by atoms with E-state index in [4.69, 9.17) is 0 Å². The third-order valence-electron chi connectivity index (χ3n) is 14.4. The van der Waals surface area contributed by atoms with E-state index in [0.29, 0.717) is 0 Å². The van der Waals surface area contributed by atoms with E-state index in [1.54, 1.807) is 0 Å². The lowest BCUT2D eigenvalue weighted by Crippen LogP contribution is -2.13.